The van der Waals surface area contributed by atoms with E-state index < -0.39 is 0 Å². The number of carbonyl (C=O) groups is 1. The van der Waals surface area contributed by atoms with Crippen LogP contribution < -0.4 is 16.0 Å². The van der Waals surface area contributed by atoms with Gasteiger partial charge in [-0.05, 0) is 56.8 Å². The minimum absolute atomic E-state index is 0.0511. The van der Waals surface area contributed by atoms with E-state index in [0.717, 1.165) is 37.6 Å². The Labute approximate surface area is 163 Å². The van der Waals surface area contributed by atoms with Crippen molar-refractivity contribution in [1.29, 1.82) is 0 Å². The van der Waals surface area contributed by atoms with Crippen LogP contribution in [0.4, 0.5) is 0 Å². The molecule has 1 aliphatic rings. The first-order valence-electron chi connectivity index (χ1n) is 10.2. The van der Waals surface area contributed by atoms with E-state index in [-0.39, 0.29) is 5.91 Å². The molecule has 1 aromatic carbocycles. The number of rotatable bonds is 8. The van der Waals surface area contributed by atoms with E-state index in [9.17, 15) is 4.79 Å². The van der Waals surface area contributed by atoms with Gasteiger partial charge in [0, 0.05) is 44.8 Å². The molecule has 6 nitrogen and oxygen atoms in total. The van der Waals surface area contributed by atoms with Crippen molar-refractivity contribution in [1.82, 2.24) is 20.9 Å². The van der Waals surface area contributed by atoms with Gasteiger partial charge in [-0.2, -0.15) is 0 Å². The number of piperidine rings is 1. The van der Waals surface area contributed by atoms with Gasteiger partial charge in [-0.3, -0.25) is 9.79 Å². The second-order valence-corrected chi connectivity index (χ2v) is 7.05. The monoisotopic (exact) mass is 373 g/mol. The van der Waals surface area contributed by atoms with Crippen LogP contribution in [0.1, 0.15) is 49.0 Å². The highest BCUT2D eigenvalue weighted by Gasteiger charge is 2.19. The fraction of sp³-hybridized carbons (Fsp3) is 0.619. The third-order valence-electron chi connectivity index (χ3n) is 4.90. The van der Waals surface area contributed by atoms with Crippen LogP contribution in [0.5, 0.6) is 0 Å². The highest BCUT2D eigenvalue weighted by atomic mass is 16.1. The molecule has 0 spiro atoms. The standard InChI is InChI=1S/C21H35N5O/c1-4-13-26-14-10-19(11-15-26)25-21(23-5-2)24-12-9-17-7-6-8-18(16-17)20(27)22-3/h6-8,16,19H,4-5,9-15H2,1-3H3,(H,22,27)(H2,23,24,25). The number of hydrogen-bond acceptors (Lipinski definition) is 3. The largest absolute Gasteiger partial charge is 0.357 e. The molecule has 1 fully saturated rings. The molecule has 0 aromatic heterocycles. The molecular weight excluding hydrogens is 338 g/mol. The lowest BCUT2D eigenvalue weighted by molar-refractivity contribution is 0.0963. The van der Waals surface area contributed by atoms with Crippen molar-refractivity contribution >= 4 is 11.9 Å². The maximum absolute atomic E-state index is 11.8. The van der Waals surface area contributed by atoms with Gasteiger partial charge in [0.15, 0.2) is 5.96 Å². The van der Waals surface area contributed by atoms with Gasteiger partial charge in [0.1, 0.15) is 0 Å². The first-order valence-corrected chi connectivity index (χ1v) is 10.2. The van der Waals surface area contributed by atoms with Crippen LogP contribution in [0, 0.1) is 0 Å². The highest BCUT2D eigenvalue weighted by molar-refractivity contribution is 5.94. The Kier molecular flexibility index (Phi) is 9.11. The average Bonchev–Trinajstić information content (AvgIpc) is 2.69. The number of nitrogens with one attached hydrogen (secondary N) is 3. The smallest absolute Gasteiger partial charge is 0.251 e. The van der Waals surface area contributed by atoms with Crippen molar-refractivity contribution in [2.24, 2.45) is 4.99 Å². The fourth-order valence-corrected chi connectivity index (χ4v) is 3.44. The molecule has 0 atom stereocenters. The summed E-state index contributed by atoms with van der Waals surface area (Å²) in [6.07, 6.45) is 4.37. The van der Waals surface area contributed by atoms with E-state index in [4.69, 9.17) is 4.99 Å². The molecule has 6 heteroatoms. The quantitative estimate of drug-likeness (QED) is 0.482. The van der Waals surface area contributed by atoms with Crippen molar-refractivity contribution in [3.8, 4) is 0 Å². The number of benzene rings is 1. The van der Waals surface area contributed by atoms with E-state index in [1.807, 2.05) is 24.3 Å². The Morgan fingerprint density at radius 1 is 1.26 bits per heavy atom. The summed E-state index contributed by atoms with van der Waals surface area (Å²) in [6.45, 7) is 9.41. The summed E-state index contributed by atoms with van der Waals surface area (Å²) >= 11 is 0. The highest BCUT2D eigenvalue weighted by Crippen LogP contribution is 2.10. The molecule has 2 rings (SSSR count). The molecular formula is C21H35N5O. The Bertz CT molecular complexity index is 608. The van der Waals surface area contributed by atoms with Crippen LogP contribution in [-0.2, 0) is 6.42 Å². The molecule has 0 aliphatic carbocycles. The van der Waals surface area contributed by atoms with Gasteiger partial charge in [0.25, 0.3) is 5.91 Å². The third kappa shape index (κ3) is 7.21. The number of likely N-dealkylation sites (tertiary alicyclic amines) is 1. The van der Waals surface area contributed by atoms with Gasteiger partial charge in [-0.25, -0.2) is 0 Å². The number of carbonyl (C=O) groups excluding carboxylic acids is 1. The first kappa shape index (κ1) is 21.2. The van der Waals surface area contributed by atoms with Gasteiger partial charge < -0.3 is 20.9 Å². The summed E-state index contributed by atoms with van der Waals surface area (Å²) in [5.74, 6) is 0.846. The first-order chi connectivity index (χ1) is 13.2. The third-order valence-corrected chi connectivity index (χ3v) is 4.90. The summed E-state index contributed by atoms with van der Waals surface area (Å²) in [5.41, 5.74) is 1.83. The van der Waals surface area contributed by atoms with E-state index in [1.165, 1.54) is 25.8 Å². The van der Waals surface area contributed by atoms with Crippen LogP contribution >= 0.6 is 0 Å². The minimum Gasteiger partial charge on any atom is -0.357 e. The maximum atomic E-state index is 11.8. The van der Waals surface area contributed by atoms with Gasteiger partial charge in [-0.15, -0.1) is 0 Å². The molecule has 3 N–H and O–H groups in total. The zero-order valence-electron chi connectivity index (χ0n) is 17.1. The molecule has 0 bridgehead atoms. The number of guanidine groups is 1. The summed E-state index contributed by atoms with van der Waals surface area (Å²) in [6, 6.07) is 8.25. The number of hydrogen-bond donors (Lipinski definition) is 3. The van der Waals surface area contributed by atoms with E-state index in [0.29, 0.717) is 18.2 Å². The average molecular weight is 374 g/mol. The lowest BCUT2D eigenvalue weighted by atomic mass is 10.1. The van der Waals surface area contributed by atoms with E-state index in [2.05, 4.69) is 34.7 Å². The van der Waals surface area contributed by atoms with Crippen LogP contribution in [0.25, 0.3) is 0 Å². The summed E-state index contributed by atoms with van der Waals surface area (Å²) < 4.78 is 0. The van der Waals surface area contributed by atoms with E-state index in [1.54, 1.807) is 7.05 Å². The van der Waals surface area contributed by atoms with Crippen molar-refractivity contribution < 1.29 is 4.79 Å². The number of aliphatic imine (C=N–C) groups is 1. The second kappa shape index (κ2) is 11.6. The molecule has 0 radical (unpaired) electrons. The molecule has 0 unspecified atom stereocenters. The fourth-order valence-electron chi connectivity index (χ4n) is 3.44. The van der Waals surface area contributed by atoms with Crippen molar-refractivity contribution in [3.63, 3.8) is 0 Å². The van der Waals surface area contributed by atoms with Gasteiger partial charge in [-0.1, -0.05) is 19.1 Å². The molecule has 150 valence electrons. The van der Waals surface area contributed by atoms with Crippen molar-refractivity contribution in [3.05, 3.63) is 35.4 Å². The molecule has 0 saturated carbocycles. The van der Waals surface area contributed by atoms with Crippen molar-refractivity contribution in [2.45, 2.75) is 45.6 Å². The van der Waals surface area contributed by atoms with Crippen LogP contribution in [0.15, 0.2) is 29.3 Å². The van der Waals surface area contributed by atoms with Crippen LogP contribution in [0.3, 0.4) is 0 Å². The summed E-state index contributed by atoms with van der Waals surface area (Å²) in [5, 5.41) is 9.61. The normalized spacial score (nSPS) is 16.2. The van der Waals surface area contributed by atoms with Crippen LogP contribution in [-0.4, -0.2) is 62.6 Å². The maximum Gasteiger partial charge on any atom is 0.251 e. The molecule has 1 heterocycles. The Hall–Kier alpha value is -2.08. The molecule has 1 amide bonds. The van der Waals surface area contributed by atoms with Crippen molar-refractivity contribution in [2.75, 3.05) is 39.8 Å². The lowest BCUT2D eigenvalue weighted by Gasteiger charge is -2.32. The summed E-state index contributed by atoms with van der Waals surface area (Å²) in [4.78, 5) is 19.0. The van der Waals surface area contributed by atoms with E-state index >= 15 is 0 Å². The number of nitrogens with zero attached hydrogens (tertiary/aromatic N) is 2. The van der Waals surface area contributed by atoms with Gasteiger partial charge in [0.05, 0.1) is 0 Å². The Morgan fingerprint density at radius 2 is 2.04 bits per heavy atom. The Morgan fingerprint density at radius 3 is 2.70 bits per heavy atom. The second-order valence-electron chi connectivity index (χ2n) is 7.05. The predicted molar refractivity (Wildman–Crippen MR) is 112 cm³/mol. The minimum atomic E-state index is -0.0511. The lowest BCUT2D eigenvalue weighted by Crippen LogP contribution is -2.48. The molecule has 1 saturated heterocycles. The summed E-state index contributed by atoms with van der Waals surface area (Å²) in [7, 11) is 1.65. The zero-order valence-corrected chi connectivity index (χ0v) is 17.1. The number of amides is 1. The topological polar surface area (TPSA) is 68.8 Å². The van der Waals surface area contributed by atoms with Gasteiger partial charge in [0.2, 0.25) is 0 Å². The molecule has 1 aliphatic heterocycles. The SMILES string of the molecule is CCCN1CCC(NC(=NCCc2cccc(C(=O)NC)c2)NCC)CC1. The molecule has 27 heavy (non-hydrogen) atoms. The van der Waals surface area contributed by atoms with Crippen LogP contribution in [0.2, 0.25) is 0 Å². The zero-order chi connectivity index (χ0) is 19.5. The predicted octanol–water partition coefficient (Wildman–Crippen LogP) is 2.02. The Balaban J connectivity index is 1.85. The van der Waals surface area contributed by atoms with Gasteiger partial charge >= 0.3 is 0 Å². The molecule has 1 aromatic rings.